The SMILES string of the molecule is Cc1ccc(S(=O)(=O)N2CCCCC2)cc1C(=O)Nc1ncc(Cc2ccccc2)s1. The minimum Gasteiger partial charge on any atom is -0.298 e. The number of rotatable bonds is 6. The molecule has 31 heavy (non-hydrogen) atoms. The number of amides is 1. The summed E-state index contributed by atoms with van der Waals surface area (Å²) >= 11 is 1.42. The second-order valence-corrected chi connectivity index (χ2v) is 10.7. The summed E-state index contributed by atoms with van der Waals surface area (Å²) in [7, 11) is -3.60. The second-order valence-electron chi connectivity index (χ2n) is 7.69. The summed E-state index contributed by atoms with van der Waals surface area (Å²) in [5.41, 5.74) is 2.24. The van der Waals surface area contributed by atoms with E-state index >= 15 is 0 Å². The molecule has 0 aliphatic carbocycles. The van der Waals surface area contributed by atoms with Crippen molar-refractivity contribution in [2.75, 3.05) is 18.4 Å². The first kappa shape index (κ1) is 21.7. The third-order valence-corrected chi connectivity index (χ3v) is 8.21. The number of aromatic nitrogens is 1. The Morgan fingerprint density at radius 3 is 2.58 bits per heavy atom. The highest BCUT2D eigenvalue weighted by atomic mass is 32.2. The van der Waals surface area contributed by atoms with E-state index in [2.05, 4.69) is 22.4 Å². The van der Waals surface area contributed by atoms with Crippen molar-refractivity contribution in [1.29, 1.82) is 0 Å². The highest BCUT2D eigenvalue weighted by Crippen LogP contribution is 2.25. The Hall–Kier alpha value is -2.55. The quantitative estimate of drug-likeness (QED) is 0.595. The number of sulfonamides is 1. The minimum atomic E-state index is -3.60. The first-order valence-corrected chi connectivity index (χ1v) is 12.6. The zero-order chi connectivity index (χ0) is 21.8. The van der Waals surface area contributed by atoms with Gasteiger partial charge in [0.25, 0.3) is 5.91 Å². The average molecular weight is 456 g/mol. The first-order chi connectivity index (χ1) is 14.9. The van der Waals surface area contributed by atoms with Crippen LogP contribution in [0.3, 0.4) is 0 Å². The number of carbonyl (C=O) groups is 1. The fourth-order valence-corrected chi connectivity index (χ4v) is 6.05. The van der Waals surface area contributed by atoms with Gasteiger partial charge in [-0.15, -0.1) is 11.3 Å². The van der Waals surface area contributed by atoms with Crippen molar-refractivity contribution >= 4 is 32.4 Å². The smallest absolute Gasteiger partial charge is 0.257 e. The van der Waals surface area contributed by atoms with E-state index in [1.165, 1.54) is 27.3 Å². The number of piperidine rings is 1. The first-order valence-electron chi connectivity index (χ1n) is 10.3. The number of aryl methyl sites for hydroxylation is 1. The van der Waals surface area contributed by atoms with Gasteiger partial charge in [-0.25, -0.2) is 13.4 Å². The highest BCUT2D eigenvalue weighted by Gasteiger charge is 2.27. The van der Waals surface area contributed by atoms with E-state index in [9.17, 15) is 13.2 Å². The van der Waals surface area contributed by atoms with Crippen molar-refractivity contribution in [1.82, 2.24) is 9.29 Å². The Bertz CT molecular complexity index is 1170. The summed E-state index contributed by atoms with van der Waals surface area (Å²) in [4.78, 5) is 18.4. The third-order valence-electron chi connectivity index (χ3n) is 5.40. The monoisotopic (exact) mass is 455 g/mol. The van der Waals surface area contributed by atoms with Gasteiger partial charge in [0.1, 0.15) is 0 Å². The summed E-state index contributed by atoms with van der Waals surface area (Å²) in [5.74, 6) is -0.353. The molecule has 1 aliphatic heterocycles. The van der Waals surface area contributed by atoms with Crippen molar-refractivity contribution in [2.45, 2.75) is 37.5 Å². The van der Waals surface area contributed by atoms with Crippen LogP contribution in [0, 0.1) is 6.92 Å². The van der Waals surface area contributed by atoms with E-state index < -0.39 is 10.0 Å². The molecule has 0 spiro atoms. The molecule has 3 aromatic rings. The zero-order valence-electron chi connectivity index (χ0n) is 17.4. The maximum Gasteiger partial charge on any atom is 0.257 e. The molecule has 2 aromatic carbocycles. The van der Waals surface area contributed by atoms with Crippen LogP contribution in [-0.4, -0.2) is 36.7 Å². The van der Waals surface area contributed by atoms with Crippen molar-refractivity contribution in [2.24, 2.45) is 0 Å². The Kier molecular flexibility index (Phi) is 6.50. The number of anilines is 1. The predicted molar refractivity (Wildman–Crippen MR) is 123 cm³/mol. The number of hydrogen-bond acceptors (Lipinski definition) is 5. The highest BCUT2D eigenvalue weighted by molar-refractivity contribution is 7.89. The van der Waals surface area contributed by atoms with E-state index in [1.54, 1.807) is 25.3 Å². The van der Waals surface area contributed by atoms with E-state index in [-0.39, 0.29) is 10.8 Å². The van der Waals surface area contributed by atoms with Gasteiger partial charge in [-0.1, -0.05) is 42.8 Å². The summed E-state index contributed by atoms with van der Waals surface area (Å²) in [6.45, 7) is 2.86. The molecule has 2 heterocycles. The summed E-state index contributed by atoms with van der Waals surface area (Å²) in [6.07, 6.45) is 5.30. The van der Waals surface area contributed by atoms with Crippen LogP contribution in [0.1, 0.15) is 45.6 Å². The van der Waals surface area contributed by atoms with Gasteiger partial charge in [0.2, 0.25) is 10.0 Å². The van der Waals surface area contributed by atoms with Crippen LogP contribution in [0.15, 0.2) is 59.6 Å². The van der Waals surface area contributed by atoms with Crippen LogP contribution in [0.25, 0.3) is 0 Å². The molecule has 0 unspecified atom stereocenters. The third kappa shape index (κ3) is 5.03. The lowest BCUT2D eigenvalue weighted by Gasteiger charge is -2.26. The van der Waals surface area contributed by atoms with E-state index in [0.29, 0.717) is 23.8 Å². The number of nitrogens with zero attached hydrogens (tertiary/aromatic N) is 2. The summed E-state index contributed by atoms with van der Waals surface area (Å²) in [6, 6.07) is 14.8. The predicted octanol–water partition coefficient (Wildman–Crippen LogP) is 4.47. The number of carbonyl (C=O) groups excluding carboxylic acids is 1. The Labute approximate surface area is 187 Å². The maximum atomic E-state index is 13.0. The van der Waals surface area contributed by atoms with Gasteiger partial charge >= 0.3 is 0 Å². The second kappa shape index (κ2) is 9.30. The Morgan fingerprint density at radius 2 is 1.84 bits per heavy atom. The van der Waals surface area contributed by atoms with Crippen molar-refractivity contribution in [3.8, 4) is 0 Å². The number of nitrogens with one attached hydrogen (secondary N) is 1. The molecule has 1 aliphatic rings. The van der Waals surface area contributed by atoms with Gasteiger partial charge in [-0.2, -0.15) is 4.31 Å². The van der Waals surface area contributed by atoms with Crippen molar-refractivity contribution < 1.29 is 13.2 Å². The molecule has 1 fully saturated rings. The molecule has 1 saturated heterocycles. The molecule has 0 radical (unpaired) electrons. The molecule has 6 nitrogen and oxygen atoms in total. The Balaban J connectivity index is 1.50. The van der Waals surface area contributed by atoms with Gasteiger partial charge in [-0.05, 0) is 43.0 Å². The van der Waals surface area contributed by atoms with E-state index in [4.69, 9.17) is 0 Å². The number of hydrogen-bond donors (Lipinski definition) is 1. The standard InChI is InChI=1S/C23H25N3O3S2/c1-17-10-11-20(31(28,29)26-12-6-3-7-13-26)15-21(17)22(27)25-23-24-16-19(30-23)14-18-8-4-2-5-9-18/h2,4-5,8-11,15-16H,3,6-7,12-14H2,1H3,(H,24,25,27). The van der Waals surface area contributed by atoms with Crippen LogP contribution >= 0.6 is 11.3 Å². The molecular weight excluding hydrogens is 430 g/mol. The normalized spacial score (nSPS) is 15.0. The molecule has 0 bridgehead atoms. The Morgan fingerprint density at radius 1 is 1.10 bits per heavy atom. The van der Waals surface area contributed by atoms with Crippen LogP contribution < -0.4 is 5.32 Å². The van der Waals surface area contributed by atoms with Gasteiger partial charge in [-0.3, -0.25) is 10.1 Å². The molecule has 8 heteroatoms. The van der Waals surface area contributed by atoms with Crippen LogP contribution in [0.2, 0.25) is 0 Å². The van der Waals surface area contributed by atoms with Gasteiger partial charge in [0.15, 0.2) is 5.13 Å². The van der Waals surface area contributed by atoms with Gasteiger partial charge in [0.05, 0.1) is 4.90 Å². The molecule has 0 saturated carbocycles. The molecule has 1 amide bonds. The minimum absolute atomic E-state index is 0.161. The van der Waals surface area contributed by atoms with Gasteiger partial charge in [0, 0.05) is 36.1 Å². The molecule has 162 valence electrons. The average Bonchev–Trinajstić information content (AvgIpc) is 3.21. The van der Waals surface area contributed by atoms with E-state index in [1.807, 2.05) is 18.2 Å². The van der Waals surface area contributed by atoms with E-state index in [0.717, 1.165) is 36.1 Å². The maximum absolute atomic E-state index is 13.0. The zero-order valence-corrected chi connectivity index (χ0v) is 19.0. The van der Waals surface area contributed by atoms with Crippen LogP contribution in [0.4, 0.5) is 5.13 Å². The van der Waals surface area contributed by atoms with Gasteiger partial charge < -0.3 is 0 Å². The largest absolute Gasteiger partial charge is 0.298 e. The lowest BCUT2D eigenvalue weighted by atomic mass is 10.1. The fourth-order valence-electron chi connectivity index (χ4n) is 3.67. The number of thiazole rings is 1. The number of benzene rings is 2. The molecular formula is C23H25N3O3S2. The molecule has 1 N–H and O–H groups in total. The summed E-state index contributed by atoms with van der Waals surface area (Å²) < 4.78 is 27.5. The molecule has 4 rings (SSSR count). The topological polar surface area (TPSA) is 79.4 Å². The lowest BCUT2D eigenvalue weighted by molar-refractivity contribution is 0.102. The molecule has 0 atom stereocenters. The van der Waals surface area contributed by atoms with Crippen LogP contribution in [-0.2, 0) is 16.4 Å². The molecule has 1 aromatic heterocycles. The van der Waals surface area contributed by atoms with Crippen LogP contribution in [0.5, 0.6) is 0 Å². The summed E-state index contributed by atoms with van der Waals surface area (Å²) in [5, 5.41) is 3.32. The van der Waals surface area contributed by atoms with Crippen molar-refractivity contribution in [3.63, 3.8) is 0 Å². The van der Waals surface area contributed by atoms with Crippen molar-refractivity contribution in [3.05, 3.63) is 76.3 Å². The fraction of sp³-hybridized carbons (Fsp3) is 0.304. The lowest BCUT2D eigenvalue weighted by Crippen LogP contribution is -2.35.